The van der Waals surface area contributed by atoms with Gasteiger partial charge >= 0.3 is 6.03 Å². The number of carbonyl (C=O) groups is 3. The number of hydrogen-bond donors (Lipinski definition) is 2. The molecule has 6 heteroatoms. The van der Waals surface area contributed by atoms with Gasteiger partial charge in [0.15, 0.2) is 0 Å². The summed E-state index contributed by atoms with van der Waals surface area (Å²) in [4.78, 5) is 37.5. The lowest BCUT2D eigenvalue weighted by Crippen LogP contribution is -2.51. The molecule has 0 unspecified atom stereocenters. The van der Waals surface area contributed by atoms with Crippen molar-refractivity contribution in [3.63, 3.8) is 0 Å². The molecule has 0 radical (unpaired) electrons. The van der Waals surface area contributed by atoms with Crippen molar-refractivity contribution in [2.24, 2.45) is 11.3 Å². The number of imide groups is 1. The summed E-state index contributed by atoms with van der Waals surface area (Å²) in [5.41, 5.74) is -0.632. The first kappa shape index (κ1) is 17.3. The molecule has 1 spiro atoms. The minimum atomic E-state index is -0.828. The van der Waals surface area contributed by atoms with E-state index in [1.807, 2.05) is 0 Å². The van der Waals surface area contributed by atoms with E-state index in [2.05, 4.69) is 37.3 Å². The Balaban J connectivity index is 2.02. The van der Waals surface area contributed by atoms with Crippen molar-refractivity contribution in [2.75, 3.05) is 13.1 Å². The van der Waals surface area contributed by atoms with E-state index in [0.717, 1.165) is 17.7 Å². The zero-order valence-corrected chi connectivity index (χ0v) is 14.1. The topological polar surface area (TPSA) is 78.5 Å². The average molecular weight is 319 g/mol. The molecule has 0 aromatic carbocycles. The Morgan fingerprint density at radius 3 is 2.52 bits per heavy atom. The van der Waals surface area contributed by atoms with Gasteiger partial charge in [-0.2, -0.15) is 0 Å². The molecule has 2 rings (SSSR count). The Morgan fingerprint density at radius 1 is 1.39 bits per heavy atom. The van der Waals surface area contributed by atoms with Crippen molar-refractivity contribution < 1.29 is 14.4 Å². The standard InChI is InChI=1S/C17H25N3O3/c1-5-10-18-13(21)11-20-14(22)17(19-15(20)23)8-6-12(7-9-17)16(2,3)4/h1,12H,6-11H2,2-4H3,(H,18,21)(H,19,23). The number of urea groups is 1. The number of hydrogen-bond acceptors (Lipinski definition) is 3. The molecule has 2 N–H and O–H groups in total. The fourth-order valence-corrected chi connectivity index (χ4v) is 3.48. The summed E-state index contributed by atoms with van der Waals surface area (Å²) in [6.07, 6.45) is 8.12. The van der Waals surface area contributed by atoms with E-state index in [1.165, 1.54) is 0 Å². The highest BCUT2D eigenvalue weighted by Gasteiger charge is 2.53. The van der Waals surface area contributed by atoms with Gasteiger partial charge in [-0.3, -0.25) is 14.5 Å². The quantitative estimate of drug-likeness (QED) is 0.607. The zero-order chi connectivity index (χ0) is 17.3. The van der Waals surface area contributed by atoms with Crippen molar-refractivity contribution in [1.29, 1.82) is 0 Å². The van der Waals surface area contributed by atoms with Gasteiger partial charge in [0.25, 0.3) is 5.91 Å². The van der Waals surface area contributed by atoms with Gasteiger partial charge in [0, 0.05) is 0 Å². The predicted octanol–water partition coefficient (Wildman–Crippen LogP) is 1.26. The lowest BCUT2D eigenvalue weighted by atomic mass is 9.67. The van der Waals surface area contributed by atoms with Crippen LogP contribution in [-0.4, -0.2) is 41.4 Å². The molecule has 1 aliphatic carbocycles. The van der Waals surface area contributed by atoms with Gasteiger partial charge in [-0.05, 0) is 37.0 Å². The first-order chi connectivity index (χ1) is 10.7. The third kappa shape index (κ3) is 3.49. The van der Waals surface area contributed by atoms with Crippen LogP contribution in [0.25, 0.3) is 0 Å². The van der Waals surface area contributed by atoms with Gasteiger partial charge in [0.2, 0.25) is 5.91 Å². The maximum absolute atomic E-state index is 12.7. The van der Waals surface area contributed by atoms with E-state index in [1.54, 1.807) is 0 Å². The van der Waals surface area contributed by atoms with Crippen LogP contribution in [0.15, 0.2) is 0 Å². The minimum Gasteiger partial charge on any atom is -0.344 e. The Hall–Kier alpha value is -2.03. The van der Waals surface area contributed by atoms with Crippen LogP contribution in [0.2, 0.25) is 0 Å². The number of nitrogens with one attached hydrogen (secondary N) is 2. The van der Waals surface area contributed by atoms with Crippen molar-refractivity contribution in [3.8, 4) is 12.3 Å². The first-order valence-corrected chi connectivity index (χ1v) is 8.04. The van der Waals surface area contributed by atoms with Crippen molar-refractivity contribution in [1.82, 2.24) is 15.5 Å². The second-order valence-corrected chi connectivity index (χ2v) is 7.52. The number of terminal acetylenes is 1. The fourth-order valence-electron chi connectivity index (χ4n) is 3.48. The van der Waals surface area contributed by atoms with Crippen LogP contribution < -0.4 is 10.6 Å². The van der Waals surface area contributed by atoms with Gasteiger partial charge < -0.3 is 10.6 Å². The van der Waals surface area contributed by atoms with Gasteiger partial charge in [-0.25, -0.2) is 4.79 Å². The Bertz CT molecular complexity index is 548. The number of rotatable bonds is 3. The molecule has 0 bridgehead atoms. The lowest BCUT2D eigenvalue weighted by Gasteiger charge is -2.40. The largest absolute Gasteiger partial charge is 0.344 e. The van der Waals surface area contributed by atoms with Crippen molar-refractivity contribution in [3.05, 3.63) is 0 Å². The maximum Gasteiger partial charge on any atom is 0.325 e. The van der Waals surface area contributed by atoms with E-state index in [-0.39, 0.29) is 24.4 Å². The highest BCUT2D eigenvalue weighted by atomic mass is 16.2. The lowest BCUT2D eigenvalue weighted by molar-refractivity contribution is -0.136. The second kappa shape index (κ2) is 6.23. The van der Waals surface area contributed by atoms with Gasteiger partial charge in [0.05, 0.1) is 6.54 Å². The maximum atomic E-state index is 12.7. The van der Waals surface area contributed by atoms with E-state index >= 15 is 0 Å². The Labute approximate surface area is 137 Å². The molecular formula is C17H25N3O3. The molecule has 126 valence electrons. The van der Waals surface area contributed by atoms with Crippen LogP contribution >= 0.6 is 0 Å². The normalized spacial score (nSPS) is 27.7. The summed E-state index contributed by atoms with van der Waals surface area (Å²) in [6, 6.07) is -0.486. The third-order valence-corrected chi connectivity index (χ3v) is 5.00. The Kier molecular flexibility index (Phi) is 4.69. The molecule has 2 fully saturated rings. The van der Waals surface area contributed by atoms with Crippen LogP contribution in [0.4, 0.5) is 4.79 Å². The highest BCUT2D eigenvalue weighted by molar-refractivity contribution is 6.09. The van der Waals surface area contributed by atoms with Gasteiger partial charge in [-0.15, -0.1) is 6.42 Å². The molecule has 2 aliphatic rings. The first-order valence-electron chi connectivity index (χ1n) is 8.04. The molecule has 1 aliphatic heterocycles. The van der Waals surface area contributed by atoms with Gasteiger partial charge in [0.1, 0.15) is 12.1 Å². The van der Waals surface area contributed by atoms with Crippen molar-refractivity contribution in [2.45, 2.75) is 52.0 Å². The predicted molar refractivity (Wildman–Crippen MR) is 86.2 cm³/mol. The van der Waals surface area contributed by atoms with Crippen LogP contribution in [-0.2, 0) is 9.59 Å². The monoisotopic (exact) mass is 319 g/mol. The molecule has 0 aromatic heterocycles. The van der Waals surface area contributed by atoms with Gasteiger partial charge in [-0.1, -0.05) is 26.7 Å². The van der Waals surface area contributed by atoms with E-state index in [4.69, 9.17) is 6.42 Å². The SMILES string of the molecule is C#CCNC(=O)CN1C(=O)NC2(CCC(C(C)(C)C)CC2)C1=O. The summed E-state index contributed by atoms with van der Waals surface area (Å²) >= 11 is 0. The highest BCUT2D eigenvalue weighted by Crippen LogP contribution is 2.43. The zero-order valence-electron chi connectivity index (χ0n) is 14.1. The fraction of sp³-hybridized carbons (Fsp3) is 0.706. The summed E-state index contributed by atoms with van der Waals surface area (Å²) in [6.45, 7) is 6.41. The van der Waals surface area contributed by atoms with E-state index in [0.29, 0.717) is 18.8 Å². The Morgan fingerprint density at radius 2 is 2.00 bits per heavy atom. The van der Waals surface area contributed by atoms with Crippen LogP contribution in [0, 0.1) is 23.7 Å². The molecular weight excluding hydrogens is 294 g/mol. The molecule has 0 aromatic rings. The van der Waals surface area contributed by atoms with Crippen LogP contribution in [0.3, 0.4) is 0 Å². The van der Waals surface area contributed by atoms with Crippen LogP contribution in [0.1, 0.15) is 46.5 Å². The number of carbonyl (C=O) groups excluding carboxylic acids is 3. The molecule has 1 saturated heterocycles. The van der Waals surface area contributed by atoms with E-state index in [9.17, 15) is 14.4 Å². The molecule has 4 amide bonds. The summed E-state index contributed by atoms with van der Waals surface area (Å²) in [5, 5.41) is 5.29. The summed E-state index contributed by atoms with van der Waals surface area (Å²) in [7, 11) is 0. The summed E-state index contributed by atoms with van der Waals surface area (Å²) < 4.78 is 0. The molecule has 6 nitrogen and oxygen atoms in total. The molecule has 23 heavy (non-hydrogen) atoms. The minimum absolute atomic E-state index is 0.0842. The smallest absolute Gasteiger partial charge is 0.325 e. The van der Waals surface area contributed by atoms with Crippen LogP contribution in [0.5, 0.6) is 0 Å². The average Bonchev–Trinajstić information content (AvgIpc) is 2.69. The van der Waals surface area contributed by atoms with E-state index < -0.39 is 17.5 Å². The molecule has 0 atom stereocenters. The molecule has 1 heterocycles. The third-order valence-electron chi connectivity index (χ3n) is 5.00. The van der Waals surface area contributed by atoms with Crippen molar-refractivity contribution >= 4 is 17.8 Å². The number of amides is 4. The summed E-state index contributed by atoms with van der Waals surface area (Å²) in [5.74, 6) is 2.11. The second-order valence-electron chi connectivity index (χ2n) is 7.52. The molecule has 1 saturated carbocycles. The number of nitrogens with zero attached hydrogens (tertiary/aromatic N) is 1.